The number of nitriles is 2. The van der Waals surface area contributed by atoms with Crippen LogP contribution in [0.15, 0.2) is 18.2 Å². The number of benzene rings is 1. The first-order valence-corrected chi connectivity index (χ1v) is 7.96. The number of nitrogens with zero attached hydrogens (tertiary/aromatic N) is 2. The number of rotatable bonds is 4. The van der Waals surface area contributed by atoms with Gasteiger partial charge in [-0.15, -0.1) is 0 Å². The van der Waals surface area contributed by atoms with E-state index in [9.17, 15) is 19.9 Å². The minimum Gasteiger partial charge on any atom is -0.324 e. The van der Waals surface area contributed by atoms with E-state index in [4.69, 9.17) is 20.6 Å². The molecule has 1 aliphatic heterocycles. The zero-order chi connectivity index (χ0) is 16.5. The molecule has 1 aromatic rings. The van der Waals surface area contributed by atoms with Gasteiger partial charge in [0.25, 0.3) is 0 Å². The van der Waals surface area contributed by atoms with Crippen molar-refractivity contribution in [3.8, 4) is 12.1 Å². The normalized spacial score (nSPS) is 20.2. The van der Waals surface area contributed by atoms with E-state index < -0.39 is 24.6 Å². The Kier molecular flexibility index (Phi) is 4.28. The molecule has 7 nitrogen and oxygen atoms in total. The minimum atomic E-state index is -4.21. The average molecular weight is 340 g/mol. The van der Waals surface area contributed by atoms with Gasteiger partial charge >= 0.3 is 7.60 Å². The van der Waals surface area contributed by atoms with Crippen molar-refractivity contribution in [1.82, 2.24) is 0 Å². The molecule has 0 bridgehead atoms. The van der Waals surface area contributed by atoms with Crippen molar-refractivity contribution >= 4 is 30.8 Å². The highest BCUT2D eigenvalue weighted by Gasteiger charge is 2.67. The van der Waals surface area contributed by atoms with Crippen molar-refractivity contribution in [2.45, 2.75) is 5.16 Å². The lowest BCUT2D eigenvalue weighted by Crippen LogP contribution is -2.41. The third-order valence-electron chi connectivity index (χ3n) is 3.58. The van der Waals surface area contributed by atoms with Crippen LogP contribution in [0.5, 0.6) is 0 Å². The average Bonchev–Trinajstić information content (AvgIpc) is 2.83. The molecule has 114 valence electrons. The van der Waals surface area contributed by atoms with Gasteiger partial charge in [0.05, 0.1) is 12.1 Å². The highest BCUT2D eigenvalue weighted by Crippen LogP contribution is 2.71. The Morgan fingerprint density at radius 3 is 2.41 bits per heavy atom. The van der Waals surface area contributed by atoms with Gasteiger partial charge in [-0.2, -0.15) is 10.5 Å². The Balaban J connectivity index is 2.96. The zero-order valence-corrected chi connectivity index (χ0v) is 13.3. The number of amides is 1. The van der Waals surface area contributed by atoms with Gasteiger partial charge in [0.15, 0.2) is 5.92 Å². The topological polar surface area (TPSA) is 112 Å². The summed E-state index contributed by atoms with van der Waals surface area (Å²) in [6, 6.07) is 7.97. The summed E-state index contributed by atoms with van der Waals surface area (Å²) >= 11 is 6.15. The summed E-state index contributed by atoms with van der Waals surface area (Å²) in [6.07, 6.45) is 0. The van der Waals surface area contributed by atoms with Gasteiger partial charge in [-0.1, -0.05) is 17.7 Å². The van der Waals surface area contributed by atoms with E-state index in [1.54, 1.807) is 18.2 Å². The second-order valence-corrected chi connectivity index (χ2v) is 7.27. The molecular formula is C13H11ClN3O4P. The van der Waals surface area contributed by atoms with Crippen molar-refractivity contribution in [2.24, 2.45) is 5.92 Å². The minimum absolute atomic E-state index is 0.0711. The van der Waals surface area contributed by atoms with Gasteiger partial charge in [0, 0.05) is 30.5 Å². The molecule has 1 amide bonds. The van der Waals surface area contributed by atoms with Gasteiger partial charge < -0.3 is 14.4 Å². The van der Waals surface area contributed by atoms with Crippen LogP contribution in [0.2, 0.25) is 5.02 Å². The Labute approximate surface area is 131 Å². The van der Waals surface area contributed by atoms with Crippen molar-refractivity contribution in [2.75, 3.05) is 19.5 Å². The molecule has 1 heterocycles. The van der Waals surface area contributed by atoms with Crippen LogP contribution in [-0.2, 0) is 23.6 Å². The Bertz CT molecular complexity index is 748. The lowest BCUT2D eigenvalue weighted by molar-refractivity contribution is -0.119. The van der Waals surface area contributed by atoms with Gasteiger partial charge in [0.2, 0.25) is 11.1 Å². The monoisotopic (exact) mass is 339 g/mol. The summed E-state index contributed by atoms with van der Waals surface area (Å²) in [5.41, 5.74) is 0.337. The molecule has 0 aliphatic carbocycles. The summed E-state index contributed by atoms with van der Waals surface area (Å²) in [4.78, 5) is 12.6. The van der Waals surface area contributed by atoms with Gasteiger partial charge in [-0.05, 0) is 12.1 Å². The molecule has 1 aliphatic rings. The third-order valence-corrected chi connectivity index (χ3v) is 6.40. The van der Waals surface area contributed by atoms with E-state index in [2.05, 4.69) is 5.32 Å². The predicted octanol–water partition coefficient (Wildman–Crippen LogP) is 2.64. The van der Waals surface area contributed by atoms with Crippen LogP contribution < -0.4 is 5.32 Å². The van der Waals surface area contributed by atoms with Gasteiger partial charge in [-0.3, -0.25) is 9.36 Å². The lowest BCUT2D eigenvalue weighted by Gasteiger charge is -2.33. The maximum absolute atomic E-state index is 13.1. The van der Waals surface area contributed by atoms with E-state index >= 15 is 0 Å². The summed E-state index contributed by atoms with van der Waals surface area (Å²) in [5.74, 6) is -2.44. The molecule has 9 heteroatoms. The lowest BCUT2D eigenvalue weighted by atomic mass is 9.87. The molecular weight excluding hydrogens is 329 g/mol. The van der Waals surface area contributed by atoms with Crippen molar-refractivity contribution in [1.29, 1.82) is 10.5 Å². The zero-order valence-electron chi connectivity index (χ0n) is 11.7. The predicted molar refractivity (Wildman–Crippen MR) is 78.1 cm³/mol. The van der Waals surface area contributed by atoms with Crippen molar-refractivity contribution in [3.63, 3.8) is 0 Å². The van der Waals surface area contributed by atoms with Crippen LogP contribution in [-0.4, -0.2) is 20.1 Å². The van der Waals surface area contributed by atoms with Crippen LogP contribution in [0.4, 0.5) is 5.69 Å². The van der Waals surface area contributed by atoms with Crippen LogP contribution in [0, 0.1) is 28.6 Å². The van der Waals surface area contributed by atoms with Crippen molar-refractivity contribution < 1.29 is 18.4 Å². The van der Waals surface area contributed by atoms with E-state index in [0.717, 1.165) is 14.2 Å². The standard InChI is InChI=1S/C13H11ClN3O4P/c1-20-22(19,21-2)13(8(6-15)7-16)11-9(14)4-3-5-10(11)17-12(13)18/h3-5,8H,1-2H3,(H,17,18)/t13-/m0/s1. The van der Waals surface area contributed by atoms with E-state index in [0.29, 0.717) is 0 Å². The number of fused-ring (bicyclic) bond motifs is 1. The molecule has 1 aromatic carbocycles. The van der Waals surface area contributed by atoms with Crippen LogP contribution in [0.25, 0.3) is 0 Å². The van der Waals surface area contributed by atoms with Gasteiger partial charge in [-0.25, -0.2) is 0 Å². The molecule has 0 saturated heterocycles. The number of anilines is 1. The van der Waals surface area contributed by atoms with Crippen LogP contribution in [0.1, 0.15) is 5.56 Å². The highest BCUT2D eigenvalue weighted by atomic mass is 35.5. The van der Waals surface area contributed by atoms with E-state index in [-0.39, 0.29) is 16.3 Å². The first kappa shape index (κ1) is 16.5. The molecule has 0 fully saturated rings. The highest BCUT2D eigenvalue weighted by molar-refractivity contribution is 7.56. The number of carbonyl (C=O) groups excluding carboxylic acids is 1. The molecule has 1 N–H and O–H groups in total. The Morgan fingerprint density at radius 2 is 1.91 bits per heavy atom. The van der Waals surface area contributed by atoms with E-state index in [1.165, 1.54) is 12.1 Å². The molecule has 0 spiro atoms. The molecule has 22 heavy (non-hydrogen) atoms. The van der Waals surface area contributed by atoms with E-state index in [1.807, 2.05) is 0 Å². The fourth-order valence-corrected chi connectivity index (χ4v) is 4.99. The second kappa shape index (κ2) is 5.72. The number of nitrogens with one attached hydrogen (secondary N) is 1. The summed E-state index contributed by atoms with van der Waals surface area (Å²) in [5, 5.41) is 19.1. The molecule has 0 aromatic heterocycles. The number of hydrogen-bond donors (Lipinski definition) is 1. The van der Waals surface area contributed by atoms with Crippen LogP contribution >= 0.6 is 19.2 Å². The first-order valence-electron chi connectivity index (χ1n) is 6.04. The summed E-state index contributed by atoms with van der Waals surface area (Å²) in [6.45, 7) is 0. The number of carbonyl (C=O) groups is 1. The molecule has 1 atom stereocenters. The Morgan fingerprint density at radius 1 is 1.32 bits per heavy atom. The molecule has 0 radical (unpaired) electrons. The number of hydrogen-bond acceptors (Lipinski definition) is 6. The fourth-order valence-electron chi connectivity index (χ4n) is 2.62. The maximum atomic E-state index is 13.1. The van der Waals surface area contributed by atoms with Crippen molar-refractivity contribution in [3.05, 3.63) is 28.8 Å². The Hall–Kier alpha value is -1.89. The largest absolute Gasteiger partial charge is 0.352 e. The smallest absolute Gasteiger partial charge is 0.324 e. The van der Waals surface area contributed by atoms with Gasteiger partial charge in [0.1, 0.15) is 0 Å². The molecule has 0 unspecified atom stereocenters. The summed E-state index contributed by atoms with van der Waals surface area (Å²) < 4.78 is 23.0. The fraction of sp³-hybridized carbons (Fsp3) is 0.308. The maximum Gasteiger partial charge on any atom is 0.352 e. The SMILES string of the molecule is COP(=O)(OC)[C@]1(C(C#N)C#N)C(=O)Nc2cccc(Cl)c21. The second-order valence-electron chi connectivity index (χ2n) is 4.44. The molecule has 0 saturated carbocycles. The van der Waals surface area contributed by atoms with Crippen LogP contribution in [0.3, 0.4) is 0 Å². The third kappa shape index (κ3) is 1.88. The summed E-state index contributed by atoms with van der Waals surface area (Å²) in [7, 11) is -2.04. The first-order chi connectivity index (χ1) is 10.4. The number of halogens is 1. The molecule has 2 rings (SSSR count). The quantitative estimate of drug-likeness (QED) is 0.844.